The lowest BCUT2D eigenvalue weighted by Crippen LogP contribution is -2.34. The van der Waals surface area contributed by atoms with Gasteiger partial charge in [0.15, 0.2) is 0 Å². The SMILES string of the molecule is CCOC(=O)Cc1ccc2c(c1)NC(=O)NCCc1c(CC)c3c(CC)c(c1CC)CNC(=O)Nc1cc(CC(=O)OCC)ccc1NC(=O)NCc1c(C)c(c(C)c(c1OCCOCCOCCN=[N+]=[N-])CNC(=O)N2)CNC(=O)Nc1ccc(CC(=O)OCC)cc1NC(=O)NC3. The number of nitrogens with one attached hydrogen (secondary N) is 12. The molecule has 3 aliphatic rings. The van der Waals surface area contributed by atoms with Crippen LogP contribution in [0.1, 0.15) is 119 Å². The van der Waals surface area contributed by atoms with E-state index in [1.165, 1.54) is 0 Å². The standard InChI is InChI=1S/C69H89N15O15/c1-9-45-48-21-22-71-64(88)81-57-29-42(32-60(85)96-12-4)15-18-54(57)79-66(90)73-36-50-40(7)49-35-72-65(89)78-55-19-16-43(33-61(86)97-13-5)30-58(55)82-68(92)75-38-52(45)47(11-3)53(46(48)10-2)39-76-69(93)83-59-31-44(34-62(87)98-14-6)17-20-56(59)80-67(91)74-37-51(41(49)8)63(50)99-28-27-95-26-25-94-24-23-77-84-70/h15-20,29-31H,9-14,21-28,32-39H2,1-8H3,(H2,71,81,88)(H2,72,78,89)(H2,73,79,90)(H2,74,80,91)(H2,75,82,92)(H2,76,83,93). The molecule has 99 heavy (non-hydrogen) atoms. The summed E-state index contributed by atoms with van der Waals surface area (Å²) in [7, 11) is 0. The first-order chi connectivity index (χ1) is 47.8. The monoisotopic (exact) mass is 1370 g/mol. The van der Waals surface area contributed by atoms with Gasteiger partial charge in [0.25, 0.3) is 0 Å². The lowest BCUT2D eigenvalue weighted by molar-refractivity contribution is -0.143. The molecule has 530 valence electrons. The third-order valence-corrected chi connectivity index (χ3v) is 16.3. The van der Waals surface area contributed by atoms with Crippen LogP contribution in [0.3, 0.4) is 0 Å². The fraction of sp³-hybridized carbons (Fsp3) is 0.435. The van der Waals surface area contributed by atoms with Gasteiger partial charge in [-0.05, 0) is 169 Å². The molecule has 6 bridgehead atoms. The van der Waals surface area contributed by atoms with Gasteiger partial charge in [0.05, 0.1) is 99.6 Å². The van der Waals surface area contributed by atoms with Crippen molar-refractivity contribution >= 4 is 88.2 Å². The average Bonchev–Trinajstić information content (AvgIpc) is 0.785. The van der Waals surface area contributed by atoms with Crippen molar-refractivity contribution in [3.05, 3.63) is 143 Å². The second-order valence-electron chi connectivity index (χ2n) is 22.7. The van der Waals surface area contributed by atoms with Crippen LogP contribution in [0.25, 0.3) is 10.4 Å². The van der Waals surface area contributed by atoms with E-state index < -0.39 is 54.1 Å². The van der Waals surface area contributed by atoms with Crippen LogP contribution in [0, 0.1) is 13.8 Å². The van der Waals surface area contributed by atoms with Gasteiger partial charge in [0.2, 0.25) is 0 Å². The fourth-order valence-electron chi connectivity index (χ4n) is 11.8. The molecule has 0 atom stereocenters. The molecule has 30 heteroatoms. The summed E-state index contributed by atoms with van der Waals surface area (Å²) in [5.41, 5.74) is 18.2. The van der Waals surface area contributed by atoms with Crippen LogP contribution in [0.2, 0.25) is 0 Å². The van der Waals surface area contributed by atoms with Gasteiger partial charge in [-0.25, -0.2) is 28.8 Å². The van der Waals surface area contributed by atoms with E-state index in [0.29, 0.717) is 63.8 Å². The zero-order chi connectivity index (χ0) is 71.4. The van der Waals surface area contributed by atoms with Gasteiger partial charge in [-0.2, -0.15) is 0 Å². The second kappa shape index (κ2) is 38.2. The Morgan fingerprint density at radius 2 is 0.758 bits per heavy atom. The number of urea groups is 6. The fourth-order valence-corrected chi connectivity index (χ4v) is 11.8. The normalized spacial score (nSPS) is 13.9. The number of hydrogen-bond acceptors (Lipinski definition) is 16. The maximum atomic E-state index is 14.5. The van der Waals surface area contributed by atoms with Gasteiger partial charge in [-0.15, -0.1) is 0 Å². The highest BCUT2D eigenvalue weighted by Gasteiger charge is 2.27. The van der Waals surface area contributed by atoms with Gasteiger partial charge in [0.1, 0.15) is 12.4 Å². The number of esters is 3. The summed E-state index contributed by atoms with van der Waals surface area (Å²) in [6.07, 6.45) is 1.16. The van der Waals surface area contributed by atoms with E-state index in [4.69, 9.17) is 34.0 Å². The number of fused-ring (bicyclic) bond motifs is 19. The molecular weight excluding hydrogens is 1280 g/mol. The Bertz CT molecular complexity index is 3840. The quantitative estimate of drug-likeness (QED) is 0.00766. The van der Waals surface area contributed by atoms with Gasteiger partial charge >= 0.3 is 54.1 Å². The van der Waals surface area contributed by atoms with Crippen molar-refractivity contribution in [3.8, 4) is 5.75 Å². The maximum Gasteiger partial charge on any atom is 0.319 e. The Hall–Kier alpha value is -10.8. The van der Waals surface area contributed by atoms with Crippen LogP contribution in [0.4, 0.5) is 62.9 Å². The summed E-state index contributed by atoms with van der Waals surface area (Å²) in [5.74, 6) is -1.33. The number of hydrogen-bond donors (Lipinski definition) is 12. The van der Waals surface area contributed by atoms with Crippen molar-refractivity contribution < 1.29 is 71.6 Å². The molecule has 0 saturated carbocycles. The highest BCUT2D eigenvalue weighted by Crippen LogP contribution is 2.36. The largest absolute Gasteiger partial charge is 0.490 e. The van der Waals surface area contributed by atoms with Crippen molar-refractivity contribution in [1.29, 1.82) is 0 Å². The molecule has 5 aromatic carbocycles. The first-order valence-corrected chi connectivity index (χ1v) is 33.1. The number of rotatable bonds is 22. The van der Waals surface area contributed by atoms with Crippen molar-refractivity contribution in [3.63, 3.8) is 0 Å². The predicted molar refractivity (Wildman–Crippen MR) is 372 cm³/mol. The number of carbonyl (C=O) groups excluding carboxylic acids is 9. The molecule has 8 rings (SSSR count). The molecule has 12 amide bonds. The van der Waals surface area contributed by atoms with E-state index in [2.05, 4.69) is 73.8 Å². The third-order valence-electron chi connectivity index (χ3n) is 16.3. The van der Waals surface area contributed by atoms with E-state index in [1.54, 1.807) is 89.2 Å². The number of ether oxygens (including phenoxy) is 6. The topological polar surface area (TPSA) is 402 Å². The zero-order valence-corrected chi connectivity index (χ0v) is 57.2. The summed E-state index contributed by atoms with van der Waals surface area (Å²) in [5, 5.41) is 38.6. The minimum Gasteiger partial charge on any atom is -0.490 e. The number of benzene rings is 5. The molecule has 0 saturated heterocycles. The Balaban J connectivity index is 1.43. The Kier molecular flexibility index (Phi) is 29.1. The molecule has 0 aromatic heterocycles. The molecular formula is C69H89N15O15. The van der Waals surface area contributed by atoms with E-state index in [9.17, 15) is 43.2 Å². The maximum absolute atomic E-state index is 14.5. The van der Waals surface area contributed by atoms with Gasteiger partial charge in [0, 0.05) is 61.9 Å². The smallest absolute Gasteiger partial charge is 0.319 e. The predicted octanol–water partition coefficient (Wildman–Crippen LogP) is 9.63. The van der Waals surface area contributed by atoms with Crippen LogP contribution >= 0.6 is 0 Å². The van der Waals surface area contributed by atoms with E-state index >= 15 is 0 Å². The second-order valence-corrected chi connectivity index (χ2v) is 22.7. The average molecular weight is 1370 g/mol. The molecule has 30 nitrogen and oxygen atoms in total. The molecule has 0 spiro atoms. The molecule has 0 radical (unpaired) electrons. The van der Waals surface area contributed by atoms with E-state index in [0.717, 1.165) is 33.4 Å². The zero-order valence-electron chi connectivity index (χ0n) is 57.2. The number of nitrogens with zero attached hydrogens (tertiary/aromatic N) is 3. The van der Waals surface area contributed by atoms with Crippen molar-refractivity contribution in [2.75, 3.05) is 97.8 Å². The molecule has 5 aromatic rings. The molecule has 3 aliphatic heterocycles. The minimum absolute atomic E-state index is 0.0296. The molecule has 0 unspecified atom stereocenters. The van der Waals surface area contributed by atoms with Crippen LogP contribution in [-0.2, 0) is 116 Å². The summed E-state index contributed by atoms with van der Waals surface area (Å²) >= 11 is 0. The Labute approximate surface area is 574 Å². The minimum atomic E-state index is -0.741. The molecule has 0 fully saturated rings. The van der Waals surface area contributed by atoms with Gasteiger partial charge in [-0.1, -0.05) is 44.1 Å². The van der Waals surface area contributed by atoms with Crippen molar-refractivity contribution in [1.82, 2.24) is 31.9 Å². The summed E-state index contributed by atoms with van der Waals surface area (Å²) < 4.78 is 33.7. The first-order valence-electron chi connectivity index (χ1n) is 33.1. The third kappa shape index (κ3) is 21.8. The molecule has 0 aliphatic carbocycles. The summed E-state index contributed by atoms with van der Waals surface area (Å²) in [6, 6.07) is 9.97. The van der Waals surface area contributed by atoms with Gasteiger partial charge in [-0.3, -0.25) is 14.4 Å². The summed E-state index contributed by atoms with van der Waals surface area (Å²) in [6.45, 7) is 14.8. The van der Waals surface area contributed by atoms with E-state index in [1.807, 2.05) is 20.8 Å². The first kappa shape index (κ1) is 75.5. The van der Waals surface area contributed by atoms with Crippen LogP contribution in [0.5, 0.6) is 5.75 Å². The number of carbonyl (C=O) groups is 9. The van der Waals surface area contributed by atoms with Crippen molar-refractivity contribution in [2.45, 2.75) is 133 Å². The summed E-state index contributed by atoms with van der Waals surface area (Å²) in [4.78, 5) is 128. The highest BCUT2D eigenvalue weighted by molar-refractivity contribution is 6.01. The van der Waals surface area contributed by atoms with Crippen LogP contribution in [0.15, 0.2) is 59.7 Å². The molecule has 3 heterocycles. The Morgan fingerprint density at radius 1 is 0.424 bits per heavy atom. The van der Waals surface area contributed by atoms with Gasteiger partial charge < -0.3 is 92.2 Å². The highest BCUT2D eigenvalue weighted by atomic mass is 16.5. The Morgan fingerprint density at radius 3 is 1.13 bits per heavy atom. The lowest BCUT2D eigenvalue weighted by Gasteiger charge is -2.27. The van der Waals surface area contributed by atoms with Crippen molar-refractivity contribution in [2.24, 2.45) is 5.11 Å². The van der Waals surface area contributed by atoms with Crippen LogP contribution < -0.4 is 68.5 Å². The van der Waals surface area contributed by atoms with Crippen LogP contribution in [-0.4, -0.2) is 120 Å². The number of anilines is 6. The lowest BCUT2D eigenvalue weighted by atomic mass is 9.82. The molecule has 12 N–H and O–H groups in total. The van der Waals surface area contributed by atoms with E-state index in [-0.39, 0.29) is 164 Å². The number of amides is 12. The number of azide groups is 1.